The molecule has 2 rings (SSSR count). The number of nitrogens with zero attached hydrogens (tertiary/aromatic N) is 4. The summed E-state index contributed by atoms with van der Waals surface area (Å²) >= 11 is 0. The van der Waals surface area contributed by atoms with Crippen molar-refractivity contribution in [3.05, 3.63) is 28.3 Å². The van der Waals surface area contributed by atoms with Crippen LogP contribution in [-0.4, -0.2) is 31.8 Å². The van der Waals surface area contributed by atoms with E-state index in [1.54, 1.807) is 0 Å². The molecule has 0 radical (unpaired) electrons. The van der Waals surface area contributed by atoms with Gasteiger partial charge < -0.3 is 5.11 Å². The van der Waals surface area contributed by atoms with Crippen LogP contribution in [0.4, 0.5) is 0 Å². The predicted octanol–water partition coefficient (Wildman–Crippen LogP) is 0.774. The lowest BCUT2D eigenvalue weighted by Gasteiger charge is -2.02. The van der Waals surface area contributed by atoms with Crippen LogP contribution in [-0.2, 0) is 13.0 Å². The van der Waals surface area contributed by atoms with Gasteiger partial charge in [-0.15, -0.1) is 0 Å². The van der Waals surface area contributed by atoms with E-state index in [1.165, 1.54) is 0 Å². The first-order chi connectivity index (χ1) is 8.13. The molecular formula is C11H16N4O2. The van der Waals surface area contributed by atoms with Crippen molar-refractivity contribution in [3.63, 3.8) is 0 Å². The van der Waals surface area contributed by atoms with Gasteiger partial charge in [-0.25, -0.2) is 4.63 Å². The maximum atomic E-state index is 9.00. The van der Waals surface area contributed by atoms with Gasteiger partial charge in [-0.2, -0.15) is 5.10 Å². The lowest BCUT2D eigenvalue weighted by atomic mass is 10.1. The summed E-state index contributed by atoms with van der Waals surface area (Å²) in [5.41, 5.74) is 4.67. The van der Waals surface area contributed by atoms with Crippen molar-refractivity contribution in [2.75, 3.05) is 6.61 Å². The van der Waals surface area contributed by atoms with Crippen LogP contribution < -0.4 is 0 Å². The van der Waals surface area contributed by atoms with E-state index in [2.05, 4.69) is 20.0 Å². The third-order valence-electron chi connectivity index (χ3n) is 2.94. The van der Waals surface area contributed by atoms with Crippen LogP contribution in [0.2, 0.25) is 0 Å². The summed E-state index contributed by atoms with van der Waals surface area (Å²) in [4.78, 5) is 0. The van der Waals surface area contributed by atoms with Gasteiger partial charge in [0.25, 0.3) is 0 Å². The highest BCUT2D eigenvalue weighted by molar-refractivity contribution is 5.25. The summed E-state index contributed by atoms with van der Waals surface area (Å²) in [6.07, 6.45) is 0.633. The molecule has 17 heavy (non-hydrogen) atoms. The molecule has 0 atom stereocenters. The van der Waals surface area contributed by atoms with Crippen molar-refractivity contribution in [2.45, 2.75) is 33.7 Å². The van der Waals surface area contributed by atoms with Crippen LogP contribution in [0, 0.1) is 20.8 Å². The number of aliphatic hydroxyl groups is 1. The van der Waals surface area contributed by atoms with Crippen molar-refractivity contribution in [1.82, 2.24) is 20.1 Å². The molecule has 0 aromatic carbocycles. The predicted molar refractivity (Wildman–Crippen MR) is 60.6 cm³/mol. The fourth-order valence-corrected chi connectivity index (χ4v) is 1.90. The van der Waals surface area contributed by atoms with E-state index >= 15 is 0 Å². The highest BCUT2D eigenvalue weighted by Crippen LogP contribution is 2.15. The molecule has 1 N–H and O–H groups in total. The molecule has 92 valence electrons. The standard InChI is InChI=1S/C11H16N4O2/c1-7-10(4-5-16)9(3)15(12-7)6-11-8(2)13-17-14-11/h16H,4-6H2,1-3H3. The zero-order chi connectivity index (χ0) is 12.4. The average molecular weight is 236 g/mol. The second kappa shape index (κ2) is 4.67. The maximum absolute atomic E-state index is 9.00. The molecule has 0 saturated heterocycles. The molecule has 0 amide bonds. The Labute approximate surface area is 99.2 Å². The number of rotatable bonds is 4. The second-order valence-electron chi connectivity index (χ2n) is 4.08. The largest absolute Gasteiger partial charge is 0.396 e. The molecule has 6 nitrogen and oxygen atoms in total. The lowest BCUT2D eigenvalue weighted by molar-refractivity contribution is 0.298. The summed E-state index contributed by atoms with van der Waals surface area (Å²) in [5, 5.41) is 21.0. The molecule has 2 aromatic heterocycles. The Hall–Kier alpha value is -1.69. The average Bonchev–Trinajstić information content (AvgIpc) is 2.79. The monoisotopic (exact) mass is 236 g/mol. The molecule has 0 spiro atoms. The van der Waals surface area contributed by atoms with Gasteiger partial charge in [0.1, 0.15) is 11.4 Å². The zero-order valence-electron chi connectivity index (χ0n) is 10.3. The lowest BCUT2D eigenvalue weighted by Crippen LogP contribution is -2.06. The molecule has 2 heterocycles. The summed E-state index contributed by atoms with van der Waals surface area (Å²) in [5.74, 6) is 0. The molecule has 0 aliphatic carbocycles. The Morgan fingerprint density at radius 2 is 1.94 bits per heavy atom. The normalized spacial score (nSPS) is 11.1. The fourth-order valence-electron chi connectivity index (χ4n) is 1.90. The summed E-state index contributed by atoms with van der Waals surface area (Å²) in [7, 11) is 0. The van der Waals surface area contributed by atoms with Crippen LogP contribution in [0.1, 0.15) is 28.3 Å². The number of aliphatic hydroxyl groups excluding tert-OH is 1. The van der Waals surface area contributed by atoms with Crippen molar-refractivity contribution < 1.29 is 9.74 Å². The first-order valence-corrected chi connectivity index (χ1v) is 5.55. The van der Waals surface area contributed by atoms with Crippen molar-refractivity contribution in [3.8, 4) is 0 Å². The minimum Gasteiger partial charge on any atom is -0.396 e. The highest BCUT2D eigenvalue weighted by atomic mass is 16.6. The van der Waals surface area contributed by atoms with E-state index in [1.807, 2.05) is 25.5 Å². The van der Waals surface area contributed by atoms with Crippen molar-refractivity contribution in [2.24, 2.45) is 0 Å². The molecule has 0 unspecified atom stereocenters. The molecule has 6 heteroatoms. The van der Waals surface area contributed by atoms with Gasteiger partial charge in [-0.1, -0.05) is 10.3 Å². The number of hydrogen-bond donors (Lipinski definition) is 1. The van der Waals surface area contributed by atoms with E-state index in [0.29, 0.717) is 13.0 Å². The van der Waals surface area contributed by atoms with Crippen LogP contribution in [0.15, 0.2) is 4.63 Å². The Morgan fingerprint density at radius 3 is 2.53 bits per heavy atom. The first-order valence-electron chi connectivity index (χ1n) is 5.55. The molecule has 0 saturated carbocycles. The quantitative estimate of drug-likeness (QED) is 0.848. The Balaban J connectivity index is 2.28. The van der Waals surface area contributed by atoms with E-state index in [-0.39, 0.29) is 6.61 Å². The Morgan fingerprint density at radius 1 is 1.18 bits per heavy atom. The number of aromatic nitrogens is 4. The smallest absolute Gasteiger partial charge is 0.129 e. The zero-order valence-corrected chi connectivity index (χ0v) is 10.3. The third kappa shape index (κ3) is 2.21. The van der Waals surface area contributed by atoms with E-state index < -0.39 is 0 Å². The van der Waals surface area contributed by atoms with Crippen molar-refractivity contribution in [1.29, 1.82) is 0 Å². The van der Waals surface area contributed by atoms with Crippen LogP contribution >= 0.6 is 0 Å². The highest BCUT2D eigenvalue weighted by Gasteiger charge is 2.13. The minimum atomic E-state index is 0.137. The van der Waals surface area contributed by atoms with Gasteiger partial charge in [0.15, 0.2) is 0 Å². The molecular weight excluding hydrogens is 220 g/mol. The summed E-state index contributed by atoms with van der Waals surface area (Å²) < 4.78 is 6.53. The van der Waals surface area contributed by atoms with Gasteiger partial charge in [0.2, 0.25) is 0 Å². The number of hydrogen-bond acceptors (Lipinski definition) is 5. The van der Waals surface area contributed by atoms with Gasteiger partial charge >= 0.3 is 0 Å². The Bertz CT molecular complexity index is 516. The van der Waals surface area contributed by atoms with Crippen LogP contribution in [0.25, 0.3) is 0 Å². The molecule has 0 aliphatic rings. The molecule has 0 fully saturated rings. The SMILES string of the molecule is Cc1nonc1Cn1nc(C)c(CCO)c1C. The van der Waals surface area contributed by atoms with Crippen LogP contribution in [0.3, 0.4) is 0 Å². The van der Waals surface area contributed by atoms with Gasteiger partial charge in [-0.05, 0) is 32.8 Å². The van der Waals surface area contributed by atoms with Gasteiger partial charge in [0.05, 0.1) is 12.2 Å². The van der Waals surface area contributed by atoms with E-state index in [4.69, 9.17) is 5.11 Å². The van der Waals surface area contributed by atoms with E-state index in [0.717, 1.165) is 28.3 Å². The van der Waals surface area contributed by atoms with Crippen LogP contribution in [0.5, 0.6) is 0 Å². The van der Waals surface area contributed by atoms with Gasteiger partial charge in [0, 0.05) is 12.3 Å². The first kappa shape index (κ1) is 11.8. The fraction of sp³-hybridized carbons (Fsp3) is 0.545. The maximum Gasteiger partial charge on any atom is 0.129 e. The second-order valence-corrected chi connectivity index (χ2v) is 4.08. The topological polar surface area (TPSA) is 77.0 Å². The van der Waals surface area contributed by atoms with E-state index in [9.17, 15) is 0 Å². The molecule has 0 aliphatic heterocycles. The molecule has 2 aromatic rings. The molecule has 0 bridgehead atoms. The minimum absolute atomic E-state index is 0.137. The summed E-state index contributed by atoms with van der Waals surface area (Å²) in [6, 6.07) is 0. The third-order valence-corrected chi connectivity index (χ3v) is 2.94. The van der Waals surface area contributed by atoms with Gasteiger partial charge in [-0.3, -0.25) is 4.68 Å². The number of aryl methyl sites for hydroxylation is 2. The summed E-state index contributed by atoms with van der Waals surface area (Å²) in [6.45, 7) is 6.48. The van der Waals surface area contributed by atoms with Crippen molar-refractivity contribution >= 4 is 0 Å². The Kier molecular flexibility index (Phi) is 3.23.